The largest absolute Gasteiger partial charge is 0.411 e. The van der Waals surface area contributed by atoms with Crippen molar-refractivity contribution in [3.63, 3.8) is 0 Å². The van der Waals surface area contributed by atoms with Crippen LogP contribution in [0.4, 0.5) is 17.6 Å². The van der Waals surface area contributed by atoms with Crippen LogP contribution >= 0.6 is 0 Å². The number of hydrogen-bond acceptors (Lipinski definition) is 2. The van der Waals surface area contributed by atoms with Crippen LogP contribution in [0.5, 0.6) is 0 Å². The zero-order chi connectivity index (χ0) is 13.6. The van der Waals surface area contributed by atoms with Crippen molar-refractivity contribution in [2.75, 3.05) is 19.8 Å². The van der Waals surface area contributed by atoms with E-state index in [1.165, 1.54) is 24.3 Å². The monoisotopic (exact) mass is 266 g/mol. The van der Waals surface area contributed by atoms with Gasteiger partial charge in [-0.2, -0.15) is 13.2 Å². The van der Waals surface area contributed by atoms with Gasteiger partial charge in [-0.3, -0.25) is 0 Å². The van der Waals surface area contributed by atoms with Crippen molar-refractivity contribution in [3.8, 4) is 0 Å². The molecule has 0 aliphatic rings. The van der Waals surface area contributed by atoms with Gasteiger partial charge in [0.2, 0.25) is 0 Å². The third-order valence-electron chi connectivity index (χ3n) is 2.44. The first-order valence-electron chi connectivity index (χ1n) is 5.43. The molecule has 102 valence electrons. The van der Waals surface area contributed by atoms with Crippen LogP contribution < -0.4 is 0 Å². The van der Waals surface area contributed by atoms with Gasteiger partial charge in [0.1, 0.15) is 12.4 Å². The molecule has 1 unspecified atom stereocenters. The summed E-state index contributed by atoms with van der Waals surface area (Å²) in [5.74, 6) is -0.748. The molecule has 1 N–H and O–H groups in total. The zero-order valence-electron chi connectivity index (χ0n) is 9.58. The van der Waals surface area contributed by atoms with E-state index >= 15 is 0 Å². The Morgan fingerprint density at radius 2 is 1.78 bits per heavy atom. The Morgan fingerprint density at radius 1 is 1.17 bits per heavy atom. The number of benzene rings is 1. The highest BCUT2D eigenvalue weighted by Crippen LogP contribution is 2.20. The summed E-state index contributed by atoms with van der Waals surface area (Å²) in [6.07, 6.45) is -4.09. The Morgan fingerprint density at radius 3 is 2.28 bits per heavy atom. The molecule has 0 radical (unpaired) electrons. The second-order valence-corrected chi connectivity index (χ2v) is 3.89. The van der Waals surface area contributed by atoms with E-state index in [0.29, 0.717) is 5.56 Å². The smallest absolute Gasteiger partial charge is 0.396 e. The fraction of sp³-hybridized carbons (Fsp3) is 0.500. The van der Waals surface area contributed by atoms with Crippen LogP contribution in [0.1, 0.15) is 17.9 Å². The molecule has 1 atom stereocenters. The summed E-state index contributed by atoms with van der Waals surface area (Å²) in [6, 6.07) is 5.49. The Hall–Kier alpha value is -1.14. The van der Waals surface area contributed by atoms with Crippen molar-refractivity contribution in [2.24, 2.45) is 0 Å². The molecule has 0 spiro atoms. The first-order chi connectivity index (χ1) is 8.42. The Kier molecular flexibility index (Phi) is 5.55. The molecule has 0 saturated heterocycles. The molecule has 0 fully saturated rings. The van der Waals surface area contributed by atoms with E-state index in [2.05, 4.69) is 4.74 Å². The molecule has 18 heavy (non-hydrogen) atoms. The molecule has 0 aromatic heterocycles. The van der Waals surface area contributed by atoms with Gasteiger partial charge in [0, 0.05) is 12.5 Å². The average Bonchev–Trinajstić information content (AvgIpc) is 2.29. The van der Waals surface area contributed by atoms with Gasteiger partial charge in [0.15, 0.2) is 0 Å². The van der Waals surface area contributed by atoms with Gasteiger partial charge in [0.25, 0.3) is 0 Å². The quantitative estimate of drug-likeness (QED) is 0.633. The van der Waals surface area contributed by atoms with Gasteiger partial charge in [-0.1, -0.05) is 12.1 Å². The molecular weight excluding hydrogens is 252 g/mol. The first-order valence-corrected chi connectivity index (χ1v) is 5.43. The summed E-state index contributed by atoms with van der Waals surface area (Å²) in [6.45, 7) is -1.63. The molecule has 1 aromatic carbocycles. The van der Waals surface area contributed by atoms with Crippen LogP contribution in [0.15, 0.2) is 24.3 Å². The lowest BCUT2D eigenvalue weighted by molar-refractivity contribution is -0.174. The maximum atomic E-state index is 12.7. The van der Waals surface area contributed by atoms with Crippen LogP contribution in [0.2, 0.25) is 0 Å². The Bertz CT molecular complexity index is 348. The highest BCUT2D eigenvalue weighted by Gasteiger charge is 2.27. The van der Waals surface area contributed by atoms with E-state index < -0.39 is 18.6 Å². The molecule has 6 heteroatoms. The van der Waals surface area contributed by atoms with Gasteiger partial charge in [0.05, 0.1) is 6.61 Å². The molecule has 0 amide bonds. The summed E-state index contributed by atoms with van der Waals surface area (Å²) < 4.78 is 52.6. The summed E-state index contributed by atoms with van der Waals surface area (Å²) >= 11 is 0. The number of aliphatic hydroxyl groups excluding tert-OH is 1. The van der Waals surface area contributed by atoms with E-state index in [1.54, 1.807) is 0 Å². The maximum Gasteiger partial charge on any atom is 0.411 e. The van der Waals surface area contributed by atoms with Crippen molar-refractivity contribution in [1.29, 1.82) is 0 Å². The second-order valence-electron chi connectivity index (χ2n) is 3.89. The molecule has 0 aliphatic carbocycles. The lowest BCUT2D eigenvalue weighted by atomic mass is 9.97. The lowest BCUT2D eigenvalue weighted by Crippen LogP contribution is -2.18. The SMILES string of the molecule is OCC(CCOCC(F)(F)F)c1ccc(F)cc1. The van der Waals surface area contributed by atoms with Crippen molar-refractivity contribution < 1.29 is 27.4 Å². The number of hydrogen-bond donors (Lipinski definition) is 1. The normalized spacial score (nSPS) is 13.6. The minimum absolute atomic E-state index is 0.109. The molecule has 1 aromatic rings. The van der Waals surface area contributed by atoms with Crippen LogP contribution in [-0.4, -0.2) is 31.1 Å². The molecular formula is C12H14F4O2. The van der Waals surface area contributed by atoms with E-state index in [0.717, 1.165) is 0 Å². The van der Waals surface area contributed by atoms with Crippen LogP contribution in [0.3, 0.4) is 0 Å². The molecule has 2 nitrogen and oxygen atoms in total. The summed E-state index contributed by atoms with van der Waals surface area (Å²) in [5.41, 5.74) is 0.675. The van der Waals surface area contributed by atoms with Crippen molar-refractivity contribution >= 4 is 0 Å². The summed E-state index contributed by atoms with van der Waals surface area (Å²) in [4.78, 5) is 0. The van der Waals surface area contributed by atoms with Crippen LogP contribution in [-0.2, 0) is 4.74 Å². The molecule has 0 aliphatic heterocycles. The predicted molar refractivity (Wildman–Crippen MR) is 57.7 cm³/mol. The lowest BCUT2D eigenvalue weighted by Gasteiger charge is -2.15. The van der Waals surface area contributed by atoms with Crippen LogP contribution in [0.25, 0.3) is 0 Å². The van der Waals surface area contributed by atoms with Crippen LogP contribution in [0, 0.1) is 5.82 Å². The Balaban J connectivity index is 2.40. The minimum Gasteiger partial charge on any atom is -0.396 e. The second kappa shape index (κ2) is 6.70. The number of rotatable bonds is 6. The molecule has 0 heterocycles. The highest BCUT2D eigenvalue weighted by molar-refractivity contribution is 5.20. The van der Waals surface area contributed by atoms with Gasteiger partial charge in [-0.15, -0.1) is 0 Å². The minimum atomic E-state index is -4.34. The van der Waals surface area contributed by atoms with E-state index in [9.17, 15) is 17.6 Å². The van der Waals surface area contributed by atoms with Gasteiger partial charge < -0.3 is 9.84 Å². The fourth-order valence-electron chi connectivity index (χ4n) is 1.51. The maximum absolute atomic E-state index is 12.7. The van der Waals surface area contributed by atoms with E-state index in [1.807, 2.05) is 0 Å². The standard InChI is InChI=1S/C12H14F4O2/c13-11-3-1-9(2-4-11)10(7-17)5-6-18-8-12(14,15)16/h1-4,10,17H,5-8H2. The number of halogens is 4. The summed E-state index contributed by atoms with van der Waals surface area (Å²) in [5, 5.41) is 9.14. The number of ether oxygens (including phenoxy) is 1. The molecule has 1 rings (SSSR count). The number of aliphatic hydroxyl groups is 1. The third-order valence-corrected chi connectivity index (χ3v) is 2.44. The van der Waals surface area contributed by atoms with Gasteiger partial charge in [-0.25, -0.2) is 4.39 Å². The fourth-order valence-corrected chi connectivity index (χ4v) is 1.51. The van der Waals surface area contributed by atoms with Crippen molar-refractivity contribution in [2.45, 2.75) is 18.5 Å². The Labute approximate surface area is 102 Å². The third kappa shape index (κ3) is 5.46. The average molecular weight is 266 g/mol. The topological polar surface area (TPSA) is 29.5 Å². The van der Waals surface area contributed by atoms with E-state index in [-0.39, 0.29) is 25.6 Å². The molecule has 0 saturated carbocycles. The van der Waals surface area contributed by atoms with Gasteiger partial charge in [-0.05, 0) is 24.1 Å². The molecule has 0 bridgehead atoms. The van der Waals surface area contributed by atoms with Crippen molar-refractivity contribution in [3.05, 3.63) is 35.6 Å². The number of alkyl halides is 3. The van der Waals surface area contributed by atoms with Gasteiger partial charge >= 0.3 is 6.18 Å². The summed E-state index contributed by atoms with van der Waals surface area (Å²) in [7, 11) is 0. The highest BCUT2D eigenvalue weighted by atomic mass is 19.4. The predicted octanol–water partition coefficient (Wildman–Crippen LogP) is 2.87. The van der Waals surface area contributed by atoms with E-state index in [4.69, 9.17) is 5.11 Å². The zero-order valence-corrected chi connectivity index (χ0v) is 9.58. The first kappa shape index (κ1) is 14.9. The van der Waals surface area contributed by atoms with Crippen molar-refractivity contribution in [1.82, 2.24) is 0 Å².